The van der Waals surface area contributed by atoms with Gasteiger partial charge in [0.15, 0.2) is 0 Å². The SMILES string of the molecule is CCN(CC)CCNCC(=O)Nc1ccc(Cl)cc1. The van der Waals surface area contributed by atoms with Gasteiger partial charge in [-0.05, 0) is 37.4 Å². The van der Waals surface area contributed by atoms with E-state index in [0.29, 0.717) is 11.6 Å². The lowest BCUT2D eigenvalue weighted by Gasteiger charge is -2.17. The van der Waals surface area contributed by atoms with Crippen molar-refractivity contribution in [3.05, 3.63) is 29.3 Å². The van der Waals surface area contributed by atoms with Crippen molar-refractivity contribution in [1.29, 1.82) is 0 Å². The summed E-state index contributed by atoms with van der Waals surface area (Å²) >= 11 is 5.78. The number of likely N-dealkylation sites (N-methyl/N-ethyl adjacent to an activating group) is 1. The standard InChI is InChI=1S/C14H22ClN3O/c1-3-18(4-2)10-9-16-11-14(19)17-13-7-5-12(15)6-8-13/h5-8,16H,3-4,9-11H2,1-2H3,(H,17,19). The largest absolute Gasteiger partial charge is 0.325 e. The lowest BCUT2D eigenvalue weighted by molar-refractivity contribution is -0.115. The van der Waals surface area contributed by atoms with Gasteiger partial charge in [-0.15, -0.1) is 0 Å². The van der Waals surface area contributed by atoms with Gasteiger partial charge in [-0.2, -0.15) is 0 Å². The molecule has 0 aromatic heterocycles. The van der Waals surface area contributed by atoms with Crippen molar-refractivity contribution in [3.8, 4) is 0 Å². The molecule has 0 fully saturated rings. The molecular formula is C14H22ClN3O. The first-order chi connectivity index (χ1) is 9.15. The average Bonchev–Trinajstić information content (AvgIpc) is 2.42. The van der Waals surface area contributed by atoms with Crippen molar-refractivity contribution in [1.82, 2.24) is 10.2 Å². The van der Waals surface area contributed by atoms with Crippen LogP contribution < -0.4 is 10.6 Å². The zero-order valence-corrected chi connectivity index (χ0v) is 12.3. The number of amides is 1. The molecule has 0 saturated carbocycles. The van der Waals surface area contributed by atoms with Gasteiger partial charge >= 0.3 is 0 Å². The minimum absolute atomic E-state index is 0.0399. The Morgan fingerprint density at radius 1 is 1.21 bits per heavy atom. The number of hydrogen-bond donors (Lipinski definition) is 2. The summed E-state index contributed by atoms with van der Waals surface area (Å²) in [5.41, 5.74) is 0.764. The summed E-state index contributed by atoms with van der Waals surface area (Å²) in [6, 6.07) is 7.09. The average molecular weight is 284 g/mol. The lowest BCUT2D eigenvalue weighted by atomic mass is 10.3. The summed E-state index contributed by atoms with van der Waals surface area (Å²) in [5, 5.41) is 6.61. The second-order valence-electron chi connectivity index (χ2n) is 4.26. The molecule has 0 aliphatic rings. The van der Waals surface area contributed by atoms with E-state index in [0.717, 1.165) is 31.9 Å². The normalized spacial score (nSPS) is 10.7. The Morgan fingerprint density at radius 2 is 1.84 bits per heavy atom. The Bertz CT molecular complexity index is 377. The van der Waals surface area contributed by atoms with Gasteiger partial charge in [0, 0.05) is 23.8 Å². The monoisotopic (exact) mass is 283 g/mol. The molecule has 0 radical (unpaired) electrons. The summed E-state index contributed by atoms with van der Waals surface area (Å²) < 4.78 is 0. The summed E-state index contributed by atoms with van der Waals surface area (Å²) in [5.74, 6) is -0.0399. The van der Waals surface area contributed by atoms with Crippen molar-refractivity contribution in [3.63, 3.8) is 0 Å². The van der Waals surface area contributed by atoms with Gasteiger partial charge < -0.3 is 15.5 Å². The second kappa shape index (κ2) is 8.91. The van der Waals surface area contributed by atoms with E-state index in [2.05, 4.69) is 29.4 Å². The van der Waals surface area contributed by atoms with Crippen LogP contribution in [0.25, 0.3) is 0 Å². The Kier molecular flexibility index (Phi) is 7.48. The van der Waals surface area contributed by atoms with Crippen molar-refractivity contribution < 1.29 is 4.79 Å². The molecule has 1 rings (SSSR count). The summed E-state index contributed by atoms with van der Waals surface area (Å²) in [7, 11) is 0. The molecule has 0 atom stereocenters. The third kappa shape index (κ3) is 6.57. The number of halogens is 1. The Hall–Kier alpha value is -1.10. The van der Waals surface area contributed by atoms with E-state index in [1.165, 1.54) is 0 Å². The molecule has 1 aromatic carbocycles. The van der Waals surface area contributed by atoms with E-state index in [9.17, 15) is 4.79 Å². The topological polar surface area (TPSA) is 44.4 Å². The number of anilines is 1. The fourth-order valence-corrected chi connectivity index (χ4v) is 1.84. The zero-order chi connectivity index (χ0) is 14.1. The summed E-state index contributed by atoms with van der Waals surface area (Å²) in [4.78, 5) is 14.0. The first-order valence-corrected chi connectivity index (χ1v) is 7.02. The molecule has 19 heavy (non-hydrogen) atoms. The maximum Gasteiger partial charge on any atom is 0.238 e. The van der Waals surface area contributed by atoms with Gasteiger partial charge in [0.25, 0.3) is 0 Å². The van der Waals surface area contributed by atoms with Crippen LogP contribution in [0.2, 0.25) is 5.02 Å². The van der Waals surface area contributed by atoms with Crippen molar-refractivity contribution in [2.45, 2.75) is 13.8 Å². The molecule has 0 aliphatic heterocycles. The molecule has 0 unspecified atom stereocenters. The molecule has 106 valence electrons. The lowest BCUT2D eigenvalue weighted by Crippen LogP contribution is -2.35. The summed E-state index contributed by atoms with van der Waals surface area (Å²) in [6.45, 7) is 8.44. The Morgan fingerprint density at radius 3 is 2.42 bits per heavy atom. The van der Waals surface area contributed by atoms with Crippen LogP contribution in [0, 0.1) is 0 Å². The van der Waals surface area contributed by atoms with Gasteiger partial charge in [-0.25, -0.2) is 0 Å². The van der Waals surface area contributed by atoms with Gasteiger partial charge in [0.2, 0.25) is 5.91 Å². The van der Waals surface area contributed by atoms with Crippen LogP contribution in [-0.2, 0) is 4.79 Å². The van der Waals surface area contributed by atoms with E-state index in [1.807, 2.05) is 0 Å². The number of rotatable bonds is 8. The van der Waals surface area contributed by atoms with Crippen LogP contribution in [-0.4, -0.2) is 43.5 Å². The zero-order valence-electron chi connectivity index (χ0n) is 11.6. The maximum absolute atomic E-state index is 11.7. The molecule has 5 heteroatoms. The van der Waals surface area contributed by atoms with Crippen LogP contribution in [0.3, 0.4) is 0 Å². The fraction of sp³-hybridized carbons (Fsp3) is 0.500. The Labute approximate surface area is 120 Å². The highest BCUT2D eigenvalue weighted by Crippen LogP contribution is 2.12. The van der Waals surface area contributed by atoms with E-state index < -0.39 is 0 Å². The highest BCUT2D eigenvalue weighted by Gasteiger charge is 2.02. The predicted molar refractivity (Wildman–Crippen MR) is 80.7 cm³/mol. The first kappa shape index (κ1) is 16.0. The molecule has 1 amide bonds. The molecule has 2 N–H and O–H groups in total. The number of benzene rings is 1. The van der Waals surface area contributed by atoms with E-state index >= 15 is 0 Å². The minimum Gasteiger partial charge on any atom is -0.325 e. The fourth-order valence-electron chi connectivity index (χ4n) is 1.72. The van der Waals surface area contributed by atoms with Gasteiger partial charge in [0.05, 0.1) is 6.54 Å². The predicted octanol–water partition coefficient (Wildman–Crippen LogP) is 2.21. The number of hydrogen-bond acceptors (Lipinski definition) is 3. The van der Waals surface area contributed by atoms with Crippen molar-refractivity contribution in [2.24, 2.45) is 0 Å². The van der Waals surface area contributed by atoms with E-state index in [1.54, 1.807) is 24.3 Å². The van der Waals surface area contributed by atoms with Gasteiger partial charge in [-0.1, -0.05) is 25.4 Å². The smallest absolute Gasteiger partial charge is 0.238 e. The minimum atomic E-state index is -0.0399. The first-order valence-electron chi connectivity index (χ1n) is 6.64. The molecule has 0 bridgehead atoms. The molecule has 1 aromatic rings. The highest BCUT2D eigenvalue weighted by atomic mass is 35.5. The van der Waals surface area contributed by atoms with Crippen molar-refractivity contribution in [2.75, 3.05) is 38.0 Å². The number of nitrogens with zero attached hydrogens (tertiary/aromatic N) is 1. The second-order valence-corrected chi connectivity index (χ2v) is 4.70. The molecular weight excluding hydrogens is 262 g/mol. The molecule has 0 saturated heterocycles. The number of nitrogens with one attached hydrogen (secondary N) is 2. The third-order valence-electron chi connectivity index (χ3n) is 2.91. The quantitative estimate of drug-likeness (QED) is 0.719. The molecule has 0 heterocycles. The van der Waals surface area contributed by atoms with Crippen LogP contribution in [0.15, 0.2) is 24.3 Å². The van der Waals surface area contributed by atoms with Crippen molar-refractivity contribution >= 4 is 23.2 Å². The number of carbonyl (C=O) groups excluding carboxylic acids is 1. The molecule has 0 spiro atoms. The van der Waals surface area contributed by atoms with Gasteiger partial charge in [-0.3, -0.25) is 4.79 Å². The van der Waals surface area contributed by atoms with Crippen LogP contribution >= 0.6 is 11.6 Å². The molecule has 4 nitrogen and oxygen atoms in total. The maximum atomic E-state index is 11.7. The van der Waals surface area contributed by atoms with E-state index in [-0.39, 0.29) is 5.91 Å². The highest BCUT2D eigenvalue weighted by molar-refractivity contribution is 6.30. The van der Waals surface area contributed by atoms with Crippen LogP contribution in [0.1, 0.15) is 13.8 Å². The summed E-state index contributed by atoms with van der Waals surface area (Å²) in [6.07, 6.45) is 0. The van der Waals surface area contributed by atoms with Crippen LogP contribution in [0.4, 0.5) is 5.69 Å². The van der Waals surface area contributed by atoms with E-state index in [4.69, 9.17) is 11.6 Å². The Balaban J connectivity index is 2.19. The molecule has 0 aliphatic carbocycles. The van der Waals surface area contributed by atoms with Crippen LogP contribution in [0.5, 0.6) is 0 Å². The number of carbonyl (C=O) groups is 1. The third-order valence-corrected chi connectivity index (χ3v) is 3.16. The van der Waals surface area contributed by atoms with Gasteiger partial charge in [0.1, 0.15) is 0 Å².